The average Bonchev–Trinajstić information content (AvgIpc) is 2.49. The van der Waals surface area contributed by atoms with Gasteiger partial charge in [-0.2, -0.15) is 0 Å². The van der Waals surface area contributed by atoms with Crippen molar-refractivity contribution < 1.29 is 0 Å². The molecule has 0 heterocycles. The highest BCUT2D eigenvalue weighted by molar-refractivity contribution is 5.30. The van der Waals surface area contributed by atoms with Gasteiger partial charge in [-0.15, -0.1) is 0 Å². The SMILES string of the molecule is CC/C(C)=C\C(C)=C/CC(CCCCN)C1=CC(C)=CC(C)C1. The predicted molar refractivity (Wildman–Crippen MR) is 104 cm³/mol. The summed E-state index contributed by atoms with van der Waals surface area (Å²) in [6.45, 7) is 12.1. The highest BCUT2D eigenvalue weighted by Gasteiger charge is 2.18. The van der Waals surface area contributed by atoms with Crippen molar-refractivity contribution in [1.82, 2.24) is 0 Å². The van der Waals surface area contributed by atoms with E-state index in [0.29, 0.717) is 11.8 Å². The first-order chi connectivity index (χ1) is 11.0. The van der Waals surface area contributed by atoms with Gasteiger partial charge in [0.05, 0.1) is 0 Å². The van der Waals surface area contributed by atoms with Gasteiger partial charge in [0, 0.05) is 0 Å². The van der Waals surface area contributed by atoms with Gasteiger partial charge >= 0.3 is 0 Å². The number of hydrogen-bond donors (Lipinski definition) is 1. The molecule has 1 rings (SSSR count). The number of nitrogens with two attached hydrogens (primary N) is 1. The second-order valence-corrected chi connectivity index (χ2v) is 7.32. The molecule has 0 radical (unpaired) electrons. The van der Waals surface area contributed by atoms with E-state index >= 15 is 0 Å². The van der Waals surface area contributed by atoms with E-state index in [4.69, 9.17) is 5.73 Å². The van der Waals surface area contributed by atoms with Crippen LogP contribution in [0.5, 0.6) is 0 Å². The van der Waals surface area contributed by atoms with Crippen molar-refractivity contribution in [2.75, 3.05) is 6.54 Å². The van der Waals surface area contributed by atoms with E-state index in [-0.39, 0.29) is 0 Å². The number of allylic oxidation sites excluding steroid dienone is 8. The Morgan fingerprint density at radius 2 is 2.09 bits per heavy atom. The molecule has 1 heteroatoms. The Morgan fingerprint density at radius 3 is 2.70 bits per heavy atom. The van der Waals surface area contributed by atoms with Crippen LogP contribution in [-0.4, -0.2) is 6.54 Å². The molecule has 23 heavy (non-hydrogen) atoms. The van der Waals surface area contributed by atoms with Crippen LogP contribution < -0.4 is 5.73 Å². The summed E-state index contributed by atoms with van der Waals surface area (Å²) >= 11 is 0. The molecule has 0 saturated carbocycles. The quantitative estimate of drug-likeness (QED) is 0.390. The largest absolute Gasteiger partial charge is 0.330 e. The van der Waals surface area contributed by atoms with E-state index in [1.807, 2.05) is 0 Å². The molecule has 1 nitrogen and oxygen atoms in total. The van der Waals surface area contributed by atoms with Crippen LogP contribution in [0, 0.1) is 11.8 Å². The first kappa shape index (κ1) is 20.0. The van der Waals surface area contributed by atoms with Crippen molar-refractivity contribution >= 4 is 0 Å². The Labute approximate surface area is 144 Å². The van der Waals surface area contributed by atoms with Gasteiger partial charge in [-0.3, -0.25) is 0 Å². The van der Waals surface area contributed by atoms with Gasteiger partial charge in [0.25, 0.3) is 0 Å². The molecular weight excluding hydrogens is 278 g/mol. The first-order valence-electron chi connectivity index (χ1n) is 9.39. The van der Waals surface area contributed by atoms with Crippen molar-refractivity contribution in [3.63, 3.8) is 0 Å². The van der Waals surface area contributed by atoms with E-state index in [1.54, 1.807) is 5.57 Å². The van der Waals surface area contributed by atoms with Crippen molar-refractivity contribution in [1.29, 1.82) is 0 Å². The lowest BCUT2D eigenvalue weighted by atomic mass is 9.81. The minimum absolute atomic E-state index is 0.679. The number of rotatable bonds is 9. The summed E-state index contributed by atoms with van der Waals surface area (Å²) < 4.78 is 0. The predicted octanol–water partition coefficient (Wildman–Crippen LogP) is 6.34. The summed E-state index contributed by atoms with van der Waals surface area (Å²) in [5.41, 5.74) is 11.6. The highest BCUT2D eigenvalue weighted by atomic mass is 14.5. The Balaban J connectivity index is 2.80. The van der Waals surface area contributed by atoms with Gasteiger partial charge in [0.15, 0.2) is 0 Å². The van der Waals surface area contributed by atoms with Crippen LogP contribution in [0.25, 0.3) is 0 Å². The lowest BCUT2D eigenvalue weighted by molar-refractivity contribution is 0.492. The lowest BCUT2D eigenvalue weighted by Gasteiger charge is -2.25. The molecular formula is C22H37N. The molecule has 0 amide bonds. The van der Waals surface area contributed by atoms with Crippen LogP contribution in [0.4, 0.5) is 0 Å². The lowest BCUT2D eigenvalue weighted by Crippen LogP contribution is -2.11. The minimum atomic E-state index is 0.679. The fraction of sp³-hybridized carbons (Fsp3) is 0.636. The van der Waals surface area contributed by atoms with Crippen molar-refractivity contribution in [3.05, 3.63) is 46.6 Å². The molecule has 2 N–H and O–H groups in total. The van der Waals surface area contributed by atoms with E-state index in [9.17, 15) is 0 Å². The number of hydrogen-bond acceptors (Lipinski definition) is 1. The molecule has 0 aromatic heterocycles. The maximum atomic E-state index is 5.69. The Bertz CT molecular complexity index is 476. The summed E-state index contributed by atoms with van der Waals surface area (Å²) in [6.07, 6.45) is 16.8. The first-order valence-corrected chi connectivity index (χ1v) is 9.39. The zero-order chi connectivity index (χ0) is 17.2. The molecule has 1 aliphatic carbocycles. The van der Waals surface area contributed by atoms with Crippen LogP contribution in [0.3, 0.4) is 0 Å². The molecule has 0 bridgehead atoms. The molecule has 0 aromatic rings. The molecule has 0 aromatic carbocycles. The fourth-order valence-electron chi connectivity index (χ4n) is 3.43. The van der Waals surface area contributed by atoms with Gasteiger partial charge in [-0.25, -0.2) is 0 Å². The van der Waals surface area contributed by atoms with Crippen LogP contribution >= 0.6 is 0 Å². The Hall–Kier alpha value is -1.08. The van der Waals surface area contributed by atoms with Crippen LogP contribution in [0.1, 0.15) is 73.1 Å². The normalized spacial score (nSPS) is 21.0. The Kier molecular flexibility index (Phi) is 9.24. The third-order valence-corrected chi connectivity index (χ3v) is 4.81. The van der Waals surface area contributed by atoms with Crippen molar-refractivity contribution in [2.45, 2.75) is 73.1 Å². The third-order valence-electron chi connectivity index (χ3n) is 4.81. The molecule has 0 aliphatic heterocycles. The van der Waals surface area contributed by atoms with E-state index in [1.165, 1.54) is 36.0 Å². The molecule has 1 aliphatic rings. The smallest absolute Gasteiger partial charge is 0.00773 e. The monoisotopic (exact) mass is 315 g/mol. The molecule has 0 fully saturated rings. The molecule has 130 valence electrons. The summed E-state index contributed by atoms with van der Waals surface area (Å²) in [7, 11) is 0. The third kappa shape index (κ3) is 7.83. The second kappa shape index (κ2) is 10.6. The maximum Gasteiger partial charge on any atom is -0.00773 e. The molecule has 2 unspecified atom stereocenters. The summed E-state index contributed by atoms with van der Waals surface area (Å²) in [4.78, 5) is 0. The topological polar surface area (TPSA) is 26.0 Å². The highest BCUT2D eigenvalue weighted by Crippen LogP contribution is 2.33. The molecule has 0 spiro atoms. The zero-order valence-corrected chi connectivity index (χ0v) is 16.0. The summed E-state index contributed by atoms with van der Waals surface area (Å²) in [5, 5.41) is 0. The zero-order valence-electron chi connectivity index (χ0n) is 16.0. The number of unbranched alkanes of at least 4 members (excludes halogenated alkanes) is 1. The van der Waals surface area contributed by atoms with E-state index in [2.05, 4.69) is 58.9 Å². The molecule has 2 atom stereocenters. The van der Waals surface area contributed by atoms with Gasteiger partial charge in [0.1, 0.15) is 0 Å². The van der Waals surface area contributed by atoms with E-state index < -0.39 is 0 Å². The average molecular weight is 316 g/mol. The summed E-state index contributed by atoms with van der Waals surface area (Å²) in [5.74, 6) is 1.36. The van der Waals surface area contributed by atoms with Crippen LogP contribution in [0.2, 0.25) is 0 Å². The van der Waals surface area contributed by atoms with Crippen molar-refractivity contribution in [3.8, 4) is 0 Å². The standard InChI is InChI=1S/C22H37N/c1-6-17(2)13-18(3)10-11-21(9-7-8-12-23)22-15-19(4)14-20(5)16-22/h10,13-15,20-21H,6-9,11-12,16,23H2,1-5H3/b17-13-,18-10-. The minimum Gasteiger partial charge on any atom is -0.330 e. The fourth-order valence-corrected chi connectivity index (χ4v) is 3.43. The maximum absolute atomic E-state index is 5.69. The van der Waals surface area contributed by atoms with Crippen LogP contribution in [0.15, 0.2) is 46.6 Å². The van der Waals surface area contributed by atoms with Gasteiger partial charge in [0.2, 0.25) is 0 Å². The second-order valence-electron chi connectivity index (χ2n) is 7.32. The van der Waals surface area contributed by atoms with Gasteiger partial charge in [-0.05, 0) is 71.3 Å². The van der Waals surface area contributed by atoms with Crippen molar-refractivity contribution in [2.24, 2.45) is 17.6 Å². The van der Waals surface area contributed by atoms with Crippen LogP contribution in [-0.2, 0) is 0 Å². The summed E-state index contributed by atoms with van der Waals surface area (Å²) in [6, 6.07) is 0. The van der Waals surface area contributed by atoms with Gasteiger partial charge in [-0.1, -0.05) is 66.9 Å². The molecule has 0 saturated heterocycles. The Morgan fingerprint density at radius 1 is 1.35 bits per heavy atom. The van der Waals surface area contributed by atoms with E-state index in [0.717, 1.165) is 25.8 Å². The van der Waals surface area contributed by atoms with Gasteiger partial charge < -0.3 is 5.73 Å².